The number of anilines is 1. The number of nitrogens with one attached hydrogen (secondary N) is 1. The van der Waals surface area contributed by atoms with Crippen LogP contribution in [-0.2, 0) is 14.8 Å². The summed E-state index contributed by atoms with van der Waals surface area (Å²) in [5.74, 6) is 1.16. The molecule has 0 aliphatic carbocycles. The lowest BCUT2D eigenvalue weighted by Gasteiger charge is -2.24. The SMILES string of the molecule is CCOc1ccc(N(CC(=O)N/N=C\c2ccc3c(c2)OCO3)S(=O)(=O)c2ccc(Cl)cc2)cc1. The maximum atomic E-state index is 13.4. The highest BCUT2D eigenvalue weighted by Gasteiger charge is 2.27. The van der Waals surface area contributed by atoms with E-state index in [-0.39, 0.29) is 11.7 Å². The molecule has 1 heterocycles. The van der Waals surface area contributed by atoms with Crippen molar-refractivity contribution in [2.75, 3.05) is 24.2 Å². The van der Waals surface area contributed by atoms with E-state index in [0.717, 1.165) is 4.31 Å². The zero-order chi connectivity index (χ0) is 24.8. The Kier molecular flexibility index (Phi) is 7.42. The van der Waals surface area contributed by atoms with Crippen LogP contribution in [0.1, 0.15) is 12.5 Å². The molecule has 0 aromatic heterocycles. The van der Waals surface area contributed by atoms with E-state index in [4.69, 9.17) is 25.8 Å². The van der Waals surface area contributed by atoms with Crippen molar-refractivity contribution in [2.45, 2.75) is 11.8 Å². The molecule has 0 spiro atoms. The molecule has 35 heavy (non-hydrogen) atoms. The van der Waals surface area contributed by atoms with E-state index in [1.54, 1.807) is 42.5 Å². The predicted molar refractivity (Wildman–Crippen MR) is 132 cm³/mol. The van der Waals surface area contributed by atoms with Gasteiger partial charge in [-0.15, -0.1) is 0 Å². The van der Waals surface area contributed by atoms with Crippen molar-refractivity contribution >= 4 is 39.4 Å². The molecule has 0 saturated heterocycles. The Balaban J connectivity index is 1.53. The van der Waals surface area contributed by atoms with Gasteiger partial charge in [0.2, 0.25) is 6.79 Å². The molecule has 1 aliphatic rings. The molecule has 1 aliphatic heterocycles. The molecule has 0 bridgehead atoms. The second-order valence-electron chi connectivity index (χ2n) is 7.30. The lowest BCUT2D eigenvalue weighted by Crippen LogP contribution is -2.39. The van der Waals surface area contributed by atoms with Crippen LogP contribution in [0.25, 0.3) is 0 Å². The zero-order valence-corrected chi connectivity index (χ0v) is 20.3. The first-order chi connectivity index (χ1) is 16.9. The number of hydrogen-bond acceptors (Lipinski definition) is 7. The smallest absolute Gasteiger partial charge is 0.264 e. The Morgan fingerprint density at radius 1 is 1.09 bits per heavy atom. The van der Waals surface area contributed by atoms with Crippen molar-refractivity contribution in [3.8, 4) is 17.2 Å². The molecule has 0 atom stereocenters. The normalized spacial score (nSPS) is 12.5. The number of ether oxygens (including phenoxy) is 3. The third-order valence-electron chi connectivity index (χ3n) is 4.92. The van der Waals surface area contributed by atoms with Crippen molar-refractivity contribution in [3.05, 3.63) is 77.3 Å². The molecular formula is C24H22ClN3O6S. The van der Waals surface area contributed by atoms with Gasteiger partial charge in [-0.25, -0.2) is 13.8 Å². The van der Waals surface area contributed by atoms with Gasteiger partial charge in [0.25, 0.3) is 15.9 Å². The van der Waals surface area contributed by atoms with Crippen LogP contribution >= 0.6 is 11.6 Å². The van der Waals surface area contributed by atoms with Gasteiger partial charge < -0.3 is 14.2 Å². The molecule has 182 valence electrons. The van der Waals surface area contributed by atoms with Gasteiger partial charge >= 0.3 is 0 Å². The average Bonchev–Trinajstić information content (AvgIpc) is 3.32. The van der Waals surface area contributed by atoms with Crippen molar-refractivity contribution < 1.29 is 27.4 Å². The third-order valence-corrected chi connectivity index (χ3v) is 6.96. The summed E-state index contributed by atoms with van der Waals surface area (Å²) in [6.07, 6.45) is 1.43. The number of nitrogens with zero attached hydrogens (tertiary/aromatic N) is 2. The van der Waals surface area contributed by atoms with E-state index < -0.39 is 22.5 Å². The number of hydrogen-bond donors (Lipinski definition) is 1. The summed E-state index contributed by atoms with van der Waals surface area (Å²) in [4.78, 5) is 12.7. The summed E-state index contributed by atoms with van der Waals surface area (Å²) in [7, 11) is -4.08. The van der Waals surface area contributed by atoms with Gasteiger partial charge in [-0.05, 0) is 79.2 Å². The lowest BCUT2D eigenvalue weighted by molar-refractivity contribution is -0.119. The van der Waals surface area contributed by atoms with Crippen LogP contribution in [0.3, 0.4) is 0 Å². The Hall–Kier alpha value is -3.76. The maximum Gasteiger partial charge on any atom is 0.264 e. The van der Waals surface area contributed by atoms with Crippen molar-refractivity contribution in [2.24, 2.45) is 5.10 Å². The minimum Gasteiger partial charge on any atom is -0.494 e. The van der Waals surface area contributed by atoms with Gasteiger partial charge in [0, 0.05) is 5.02 Å². The Labute approximate surface area is 207 Å². The van der Waals surface area contributed by atoms with E-state index >= 15 is 0 Å². The average molecular weight is 516 g/mol. The molecule has 11 heteroatoms. The van der Waals surface area contributed by atoms with Crippen LogP contribution < -0.4 is 23.9 Å². The highest BCUT2D eigenvalue weighted by atomic mass is 35.5. The summed E-state index contributed by atoms with van der Waals surface area (Å²) >= 11 is 5.91. The molecule has 1 amide bonds. The van der Waals surface area contributed by atoms with Crippen LogP contribution in [0.2, 0.25) is 5.02 Å². The highest BCUT2D eigenvalue weighted by molar-refractivity contribution is 7.92. The van der Waals surface area contributed by atoms with E-state index in [2.05, 4.69) is 10.5 Å². The Bertz CT molecular complexity index is 1330. The minimum atomic E-state index is -4.08. The second kappa shape index (κ2) is 10.7. The van der Waals surface area contributed by atoms with E-state index in [1.165, 1.54) is 30.5 Å². The van der Waals surface area contributed by atoms with Crippen LogP contribution in [0.15, 0.2) is 76.7 Å². The van der Waals surface area contributed by atoms with Gasteiger partial charge in [0.05, 0.1) is 23.4 Å². The molecule has 0 fully saturated rings. The van der Waals surface area contributed by atoms with Crippen molar-refractivity contribution in [1.29, 1.82) is 0 Å². The molecule has 1 N–H and O–H groups in total. The summed E-state index contributed by atoms with van der Waals surface area (Å²) in [5.41, 5.74) is 3.33. The molecule has 3 aromatic carbocycles. The quantitative estimate of drug-likeness (QED) is 0.343. The van der Waals surface area contributed by atoms with Gasteiger partial charge in [-0.2, -0.15) is 5.10 Å². The summed E-state index contributed by atoms with van der Waals surface area (Å²) < 4.78 is 43.8. The topological polar surface area (TPSA) is 107 Å². The van der Waals surface area contributed by atoms with E-state index in [0.29, 0.717) is 40.1 Å². The van der Waals surface area contributed by atoms with Crippen molar-refractivity contribution in [1.82, 2.24) is 5.43 Å². The lowest BCUT2D eigenvalue weighted by atomic mass is 10.2. The molecule has 0 radical (unpaired) electrons. The first-order valence-corrected chi connectivity index (χ1v) is 12.4. The third kappa shape index (κ3) is 5.84. The summed E-state index contributed by atoms with van der Waals surface area (Å²) in [5, 5.41) is 4.33. The minimum absolute atomic E-state index is 0.00699. The van der Waals surface area contributed by atoms with Gasteiger partial charge in [-0.1, -0.05) is 11.6 Å². The first kappa shape index (κ1) is 24.4. The zero-order valence-electron chi connectivity index (χ0n) is 18.7. The monoisotopic (exact) mass is 515 g/mol. The number of benzene rings is 3. The van der Waals surface area contributed by atoms with Crippen LogP contribution in [0.5, 0.6) is 17.2 Å². The fourth-order valence-corrected chi connectivity index (χ4v) is 4.81. The predicted octanol–water partition coefficient (Wildman–Crippen LogP) is 3.81. The molecule has 0 saturated carbocycles. The molecule has 3 aromatic rings. The molecule has 0 unspecified atom stereocenters. The Morgan fingerprint density at radius 2 is 1.80 bits per heavy atom. The summed E-state index contributed by atoms with van der Waals surface area (Å²) in [6.45, 7) is 1.96. The van der Waals surface area contributed by atoms with Gasteiger partial charge in [-0.3, -0.25) is 9.10 Å². The number of sulfonamides is 1. The highest BCUT2D eigenvalue weighted by Crippen LogP contribution is 2.32. The van der Waals surface area contributed by atoms with Crippen LogP contribution in [0.4, 0.5) is 5.69 Å². The Morgan fingerprint density at radius 3 is 2.51 bits per heavy atom. The number of fused-ring (bicyclic) bond motifs is 1. The number of halogens is 1. The number of carbonyl (C=O) groups excluding carboxylic acids is 1. The van der Waals surface area contributed by atoms with Crippen LogP contribution in [0, 0.1) is 0 Å². The molecule has 4 rings (SSSR count). The number of hydrazone groups is 1. The summed E-state index contributed by atoms with van der Waals surface area (Å²) in [6, 6.07) is 17.3. The largest absolute Gasteiger partial charge is 0.494 e. The van der Waals surface area contributed by atoms with Gasteiger partial charge in [0.15, 0.2) is 11.5 Å². The molecular weight excluding hydrogens is 494 g/mol. The number of carbonyl (C=O) groups is 1. The van der Waals surface area contributed by atoms with E-state index in [9.17, 15) is 13.2 Å². The second-order valence-corrected chi connectivity index (χ2v) is 9.60. The number of amides is 1. The van der Waals surface area contributed by atoms with Crippen LogP contribution in [-0.4, -0.2) is 40.5 Å². The first-order valence-electron chi connectivity index (χ1n) is 10.6. The fourth-order valence-electron chi connectivity index (χ4n) is 3.26. The van der Waals surface area contributed by atoms with Gasteiger partial charge in [0.1, 0.15) is 12.3 Å². The number of rotatable bonds is 9. The van der Waals surface area contributed by atoms with E-state index in [1.807, 2.05) is 6.92 Å². The fraction of sp³-hybridized carbons (Fsp3) is 0.167. The molecule has 9 nitrogen and oxygen atoms in total. The maximum absolute atomic E-state index is 13.4. The van der Waals surface area contributed by atoms with Crippen molar-refractivity contribution in [3.63, 3.8) is 0 Å². The standard InChI is InChI=1S/C24H22ClN3O6S/c1-2-32-20-8-6-19(7-9-20)28(35(30,31)21-10-4-18(25)5-11-21)15-24(29)27-26-14-17-3-12-22-23(13-17)34-16-33-22/h3-14H,2,15-16H2,1H3,(H,27,29)/b26-14-.